The van der Waals surface area contributed by atoms with Gasteiger partial charge in [-0.15, -0.1) is 0 Å². The first-order valence-electron chi connectivity index (χ1n) is 7.17. The van der Waals surface area contributed by atoms with Gasteiger partial charge >= 0.3 is 0 Å². The highest BCUT2D eigenvalue weighted by Crippen LogP contribution is 2.44. The maximum Gasteiger partial charge on any atom is 0.230 e. The van der Waals surface area contributed by atoms with Gasteiger partial charge in [0.1, 0.15) is 0 Å². The molecule has 110 valence electrons. The van der Waals surface area contributed by atoms with Crippen LogP contribution in [0, 0.1) is 5.92 Å². The Labute approximate surface area is 125 Å². The summed E-state index contributed by atoms with van der Waals surface area (Å²) in [5.41, 5.74) is 0.516. The first kappa shape index (κ1) is 15.3. The van der Waals surface area contributed by atoms with E-state index < -0.39 is 5.41 Å². The first-order valence-corrected chi connectivity index (χ1v) is 7.55. The number of rotatable bonds is 5. The zero-order chi connectivity index (χ0) is 14.8. The van der Waals surface area contributed by atoms with Gasteiger partial charge in [0, 0.05) is 5.02 Å². The van der Waals surface area contributed by atoms with Crippen LogP contribution < -0.4 is 5.32 Å². The van der Waals surface area contributed by atoms with Crippen molar-refractivity contribution >= 4 is 17.5 Å². The number of benzene rings is 1. The normalized spacial score (nSPS) is 18.4. The average Bonchev–Trinajstić information content (AvgIpc) is 2.34. The molecule has 1 saturated carbocycles. The van der Waals surface area contributed by atoms with Crippen molar-refractivity contribution < 1.29 is 9.90 Å². The lowest BCUT2D eigenvalue weighted by Crippen LogP contribution is -2.54. The number of amides is 1. The van der Waals surface area contributed by atoms with Crippen molar-refractivity contribution in [3.05, 3.63) is 34.9 Å². The van der Waals surface area contributed by atoms with Crippen molar-refractivity contribution in [1.82, 2.24) is 5.32 Å². The Hall–Kier alpha value is -1.06. The molecule has 1 fully saturated rings. The summed E-state index contributed by atoms with van der Waals surface area (Å²) in [6.45, 7) is 3.96. The van der Waals surface area contributed by atoms with Crippen LogP contribution >= 0.6 is 11.6 Å². The van der Waals surface area contributed by atoms with E-state index >= 15 is 0 Å². The molecule has 0 saturated heterocycles. The highest BCUT2D eigenvalue weighted by molar-refractivity contribution is 6.30. The maximum atomic E-state index is 12.7. The molecule has 1 aromatic rings. The van der Waals surface area contributed by atoms with Gasteiger partial charge in [0.2, 0.25) is 5.91 Å². The van der Waals surface area contributed by atoms with Crippen LogP contribution in [0.25, 0.3) is 0 Å². The number of aliphatic hydroxyl groups excluding tert-OH is 1. The Morgan fingerprint density at radius 1 is 1.45 bits per heavy atom. The summed E-state index contributed by atoms with van der Waals surface area (Å²) in [6, 6.07) is 7.35. The van der Waals surface area contributed by atoms with Crippen LogP contribution in [0.1, 0.15) is 38.7 Å². The van der Waals surface area contributed by atoms with Crippen LogP contribution in [0.15, 0.2) is 24.3 Å². The average molecular weight is 296 g/mol. The molecule has 0 spiro atoms. The lowest BCUT2D eigenvalue weighted by atomic mass is 9.63. The second-order valence-electron chi connectivity index (χ2n) is 5.95. The number of carbonyl (C=O) groups excluding carboxylic acids is 1. The molecule has 1 aliphatic rings. The maximum absolute atomic E-state index is 12.7. The molecular formula is C16H22ClNO2. The minimum atomic E-state index is -0.465. The van der Waals surface area contributed by atoms with Crippen LogP contribution in [0.3, 0.4) is 0 Å². The number of hydrogen-bond donors (Lipinski definition) is 2. The van der Waals surface area contributed by atoms with Crippen molar-refractivity contribution in [3.63, 3.8) is 0 Å². The summed E-state index contributed by atoms with van der Waals surface area (Å²) >= 11 is 6.05. The molecule has 1 aromatic carbocycles. The van der Waals surface area contributed by atoms with E-state index in [1.807, 2.05) is 38.1 Å². The predicted octanol–water partition coefficient (Wildman–Crippen LogP) is 2.89. The smallest absolute Gasteiger partial charge is 0.230 e. The van der Waals surface area contributed by atoms with E-state index in [2.05, 4.69) is 5.32 Å². The minimum Gasteiger partial charge on any atom is -0.394 e. The molecule has 2 N–H and O–H groups in total. The van der Waals surface area contributed by atoms with Crippen LogP contribution in [0.2, 0.25) is 5.02 Å². The summed E-state index contributed by atoms with van der Waals surface area (Å²) in [4.78, 5) is 12.7. The zero-order valence-electron chi connectivity index (χ0n) is 12.0. The van der Waals surface area contributed by atoms with Gasteiger partial charge in [-0.3, -0.25) is 4.79 Å². The van der Waals surface area contributed by atoms with Crippen molar-refractivity contribution in [1.29, 1.82) is 0 Å². The Bertz CT molecular complexity index is 483. The van der Waals surface area contributed by atoms with Gasteiger partial charge in [-0.25, -0.2) is 0 Å². The van der Waals surface area contributed by atoms with Gasteiger partial charge in [-0.05, 0) is 36.5 Å². The SMILES string of the molecule is CC(C)[C@@H](CO)NC(=O)C1(c2cccc(Cl)c2)CCC1. The third kappa shape index (κ3) is 2.84. The second-order valence-corrected chi connectivity index (χ2v) is 6.39. The molecule has 2 rings (SSSR count). The van der Waals surface area contributed by atoms with Crippen molar-refractivity contribution in [2.24, 2.45) is 5.92 Å². The Kier molecular flexibility index (Phi) is 4.71. The molecule has 1 atom stereocenters. The predicted molar refractivity (Wildman–Crippen MR) is 80.8 cm³/mol. The standard InChI is InChI=1S/C16H22ClNO2/c1-11(2)14(10-19)18-15(20)16(7-4-8-16)12-5-3-6-13(17)9-12/h3,5-6,9,11,14,19H,4,7-8,10H2,1-2H3,(H,18,20)/t14-/m1/s1. The second kappa shape index (κ2) is 6.15. The highest BCUT2D eigenvalue weighted by atomic mass is 35.5. The molecule has 0 unspecified atom stereocenters. The van der Waals surface area contributed by atoms with E-state index in [1.54, 1.807) is 0 Å². The fourth-order valence-electron chi connectivity index (χ4n) is 2.69. The summed E-state index contributed by atoms with van der Waals surface area (Å²) in [5, 5.41) is 13.0. The lowest BCUT2D eigenvalue weighted by molar-refractivity contribution is -0.131. The quantitative estimate of drug-likeness (QED) is 0.877. The zero-order valence-corrected chi connectivity index (χ0v) is 12.8. The van der Waals surface area contributed by atoms with Gasteiger partial charge in [0.15, 0.2) is 0 Å². The molecule has 0 heterocycles. The Morgan fingerprint density at radius 2 is 2.15 bits per heavy atom. The largest absolute Gasteiger partial charge is 0.394 e. The van der Waals surface area contributed by atoms with E-state index in [4.69, 9.17) is 11.6 Å². The summed E-state index contributed by atoms with van der Waals surface area (Å²) in [6.07, 6.45) is 2.73. The van der Waals surface area contributed by atoms with E-state index in [9.17, 15) is 9.90 Å². The van der Waals surface area contributed by atoms with Crippen molar-refractivity contribution in [2.45, 2.75) is 44.6 Å². The lowest BCUT2D eigenvalue weighted by Gasteiger charge is -2.42. The number of hydrogen-bond acceptors (Lipinski definition) is 2. The molecular weight excluding hydrogens is 274 g/mol. The molecule has 1 aliphatic carbocycles. The Balaban J connectivity index is 2.21. The summed E-state index contributed by atoms with van der Waals surface area (Å²) in [5.74, 6) is 0.221. The number of aliphatic hydroxyl groups is 1. The van der Waals surface area contributed by atoms with Gasteiger partial charge < -0.3 is 10.4 Å². The van der Waals surface area contributed by atoms with Gasteiger partial charge in [-0.2, -0.15) is 0 Å². The highest BCUT2D eigenvalue weighted by Gasteiger charge is 2.46. The molecule has 0 aromatic heterocycles. The van der Waals surface area contributed by atoms with Crippen LogP contribution in [0.4, 0.5) is 0 Å². The summed E-state index contributed by atoms with van der Waals surface area (Å²) < 4.78 is 0. The first-order chi connectivity index (χ1) is 9.49. The summed E-state index contributed by atoms with van der Waals surface area (Å²) in [7, 11) is 0. The van der Waals surface area contributed by atoms with E-state index in [1.165, 1.54) is 0 Å². The third-order valence-corrected chi connectivity index (χ3v) is 4.57. The number of halogens is 1. The van der Waals surface area contributed by atoms with E-state index in [0.717, 1.165) is 24.8 Å². The monoisotopic (exact) mass is 295 g/mol. The van der Waals surface area contributed by atoms with E-state index in [0.29, 0.717) is 5.02 Å². The van der Waals surface area contributed by atoms with Crippen LogP contribution in [-0.2, 0) is 10.2 Å². The van der Waals surface area contributed by atoms with E-state index in [-0.39, 0.29) is 24.5 Å². The van der Waals surface area contributed by atoms with Crippen molar-refractivity contribution in [3.8, 4) is 0 Å². The Morgan fingerprint density at radius 3 is 2.60 bits per heavy atom. The molecule has 1 amide bonds. The molecule has 0 aliphatic heterocycles. The molecule has 4 heteroatoms. The van der Waals surface area contributed by atoms with Gasteiger partial charge in [-0.1, -0.05) is 44.0 Å². The molecule has 3 nitrogen and oxygen atoms in total. The topological polar surface area (TPSA) is 49.3 Å². The van der Waals surface area contributed by atoms with Crippen LogP contribution in [0.5, 0.6) is 0 Å². The van der Waals surface area contributed by atoms with Crippen molar-refractivity contribution in [2.75, 3.05) is 6.61 Å². The molecule has 20 heavy (non-hydrogen) atoms. The molecule has 0 radical (unpaired) electrons. The van der Waals surface area contributed by atoms with Crippen LogP contribution in [-0.4, -0.2) is 23.7 Å². The minimum absolute atomic E-state index is 0.0127. The fraction of sp³-hybridized carbons (Fsp3) is 0.562. The third-order valence-electron chi connectivity index (χ3n) is 4.34. The van der Waals surface area contributed by atoms with Gasteiger partial charge in [0.05, 0.1) is 18.1 Å². The molecule has 0 bridgehead atoms. The number of carbonyl (C=O) groups is 1. The number of nitrogens with one attached hydrogen (secondary N) is 1. The fourth-order valence-corrected chi connectivity index (χ4v) is 2.88. The van der Waals surface area contributed by atoms with Gasteiger partial charge in [0.25, 0.3) is 0 Å².